The zero-order valence-corrected chi connectivity index (χ0v) is 26.0. The highest BCUT2D eigenvalue weighted by Gasteiger charge is 2.46. The van der Waals surface area contributed by atoms with E-state index in [1.807, 2.05) is 41.5 Å². The number of rotatable bonds is 1. The fourth-order valence-corrected chi connectivity index (χ4v) is 6.48. The third-order valence-corrected chi connectivity index (χ3v) is 8.12. The molecule has 210 valence electrons. The molecule has 0 amide bonds. The van der Waals surface area contributed by atoms with Crippen LogP contribution < -0.4 is 0 Å². The summed E-state index contributed by atoms with van der Waals surface area (Å²) < 4.78 is 0. The van der Waals surface area contributed by atoms with Gasteiger partial charge in [0.05, 0.1) is 0 Å². The zero-order valence-electron chi connectivity index (χ0n) is 26.0. The lowest BCUT2D eigenvalue weighted by Gasteiger charge is -2.48. The second-order valence-electron chi connectivity index (χ2n) is 10.0. The SMILES string of the molecule is C1=CCCC=C1.CC.CC.CC.CC1(c2ccccc2)C2=C(CCC=C2)c2c3c(cc4ccccc24)C=CCC31. The van der Waals surface area contributed by atoms with Gasteiger partial charge in [-0.15, -0.1) is 0 Å². The van der Waals surface area contributed by atoms with Crippen molar-refractivity contribution in [1.82, 2.24) is 0 Å². The van der Waals surface area contributed by atoms with Gasteiger partial charge in [-0.05, 0) is 82.3 Å². The smallest absolute Gasteiger partial charge is 0.0249 e. The number of fused-ring (bicyclic) bond motifs is 3. The van der Waals surface area contributed by atoms with E-state index in [1.54, 1.807) is 16.7 Å². The molecule has 7 rings (SSSR count). The molecule has 0 bridgehead atoms. The van der Waals surface area contributed by atoms with Crippen molar-refractivity contribution in [2.45, 2.75) is 91.9 Å². The summed E-state index contributed by atoms with van der Waals surface area (Å²) in [5, 5.41) is 2.80. The average molecular weight is 531 g/mol. The van der Waals surface area contributed by atoms with Crippen LogP contribution in [0.2, 0.25) is 0 Å². The molecule has 2 unspecified atom stereocenters. The van der Waals surface area contributed by atoms with Crippen LogP contribution in [0.25, 0.3) is 22.4 Å². The van der Waals surface area contributed by atoms with E-state index < -0.39 is 0 Å². The van der Waals surface area contributed by atoms with Gasteiger partial charge in [0.15, 0.2) is 0 Å². The van der Waals surface area contributed by atoms with Gasteiger partial charge in [-0.25, -0.2) is 0 Å². The predicted octanol–water partition coefficient (Wildman–Crippen LogP) is 12.4. The number of allylic oxidation sites excluding steroid dienone is 9. The van der Waals surface area contributed by atoms with Crippen LogP contribution in [0, 0.1) is 0 Å². The Bertz CT molecular complexity index is 1360. The van der Waals surface area contributed by atoms with Crippen molar-refractivity contribution in [3.05, 3.63) is 131 Å². The first-order valence-corrected chi connectivity index (χ1v) is 15.8. The highest BCUT2D eigenvalue weighted by atomic mass is 14.5. The van der Waals surface area contributed by atoms with Crippen molar-refractivity contribution in [2.75, 3.05) is 0 Å². The van der Waals surface area contributed by atoms with E-state index in [1.165, 1.54) is 40.3 Å². The van der Waals surface area contributed by atoms with Gasteiger partial charge in [0, 0.05) is 11.3 Å². The van der Waals surface area contributed by atoms with Gasteiger partial charge < -0.3 is 0 Å². The lowest BCUT2D eigenvalue weighted by atomic mass is 9.55. The second kappa shape index (κ2) is 15.4. The minimum Gasteiger partial charge on any atom is -0.0842 e. The molecule has 0 N–H and O–H groups in total. The lowest BCUT2D eigenvalue weighted by molar-refractivity contribution is 0.435. The van der Waals surface area contributed by atoms with Crippen molar-refractivity contribution < 1.29 is 0 Å². The van der Waals surface area contributed by atoms with E-state index in [-0.39, 0.29) is 5.41 Å². The summed E-state index contributed by atoms with van der Waals surface area (Å²) >= 11 is 0. The Morgan fingerprint density at radius 3 is 1.98 bits per heavy atom. The van der Waals surface area contributed by atoms with Crippen LogP contribution >= 0.6 is 0 Å². The van der Waals surface area contributed by atoms with Crippen molar-refractivity contribution in [2.24, 2.45) is 0 Å². The van der Waals surface area contributed by atoms with Gasteiger partial charge >= 0.3 is 0 Å². The predicted molar refractivity (Wildman–Crippen MR) is 181 cm³/mol. The molecule has 4 aliphatic carbocycles. The Hall–Kier alpha value is -3.38. The van der Waals surface area contributed by atoms with E-state index in [9.17, 15) is 0 Å². The zero-order chi connectivity index (χ0) is 29.0. The van der Waals surface area contributed by atoms with Gasteiger partial charge in [0.2, 0.25) is 0 Å². The molecule has 0 heteroatoms. The van der Waals surface area contributed by atoms with Crippen LogP contribution in [0.15, 0.2) is 109 Å². The quantitative estimate of drug-likeness (QED) is 0.293. The molecule has 0 aliphatic heterocycles. The molecule has 4 aliphatic rings. The first kappa shape index (κ1) is 31.2. The number of hydrogen-bond donors (Lipinski definition) is 0. The molecule has 3 aromatic rings. The Kier molecular flexibility index (Phi) is 12.0. The van der Waals surface area contributed by atoms with Crippen LogP contribution in [0.1, 0.15) is 109 Å². The van der Waals surface area contributed by atoms with Crippen LogP contribution in [0.5, 0.6) is 0 Å². The highest BCUT2D eigenvalue weighted by Crippen LogP contribution is 2.59. The van der Waals surface area contributed by atoms with Gasteiger partial charge in [0.25, 0.3) is 0 Å². The molecule has 3 aromatic carbocycles. The summed E-state index contributed by atoms with van der Waals surface area (Å²) in [6.07, 6.45) is 24.0. The van der Waals surface area contributed by atoms with E-state index >= 15 is 0 Å². The van der Waals surface area contributed by atoms with Crippen molar-refractivity contribution in [3.8, 4) is 0 Å². The Labute approximate surface area is 244 Å². The first-order chi connectivity index (χ1) is 19.8. The third kappa shape index (κ3) is 6.02. The summed E-state index contributed by atoms with van der Waals surface area (Å²) in [7, 11) is 0. The molecule has 2 atom stereocenters. The molecule has 0 fully saturated rings. The average Bonchev–Trinajstić information content (AvgIpc) is 3.07. The topological polar surface area (TPSA) is 0 Å². The largest absolute Gasteiger partial charge is 0.0842 e. The molecule has 0 nitrogen and oxygen atoms in total. The van der Waals surface area contributed by atoms with Crippen LogP contribution in [0.4, 0.5) is 0 Å². The lowest BCUT2D eigenvalue weighted by Crippen LogP contribution is -2.38. The van der Waals surface area contributed by atoms with E-state index in [0.717, 1.165) is 19.3 Å². The summed E-state index contributed by atoms with van der Waals surface area (Å²) in [4.78, 5) is 0. The molecule has 0 saturated carbocycles. The summed E-state index contributed by atoms with van der Waals surface area (Å²) in [5.74, 6) is 0.482. The Morgan fingerprint density at radius 2 is 1.32 bits per heavy atom. The molecular formula is C40H50. The standard InChI is InChI=1S/C28H24.C6H8.3C2H6/c1-28(21-12-3-2-4-13-21)24-16-8-7-15-23(24)27-22-14-6-5-10-19(22)18-20-11-9-17-25(28)26(20)27;1-2-4-6-5-3-1;3*1-2/h2-6,8-14,16,18,25H,7,15,17H2,1H3;1-4H,5-6H2;3*1-2H3. The number of hydrogen-bond acceptors (Lipinski definition) is 0. The normalized spacial score (nSPS) is 20.7. The van der Waals surface area contributed by atoms with Crippen LogP contribution in [0.3, 0.4) is 0 Å². The minimum atomic E-state index is 0.0163. The molecular weight excluding hydrogens is 480 g/mol. The van der Waals surface area contributed by atoms with Gasteiger partial charge in [-0.2, -0.15) is 0 Å². The van der Waals surface area contributed by atoms with Crippen molar-refractivity contribution >= 4 is 22.4 Å². The monoisotopic (exact) mass is 530 g/mol. The maximum atomic E-state index is 2.49. The van der Waals surface area contributed by atoms with Crippen molar-refractivity contribution in [1.29, 1.82) is 0 Å². The minimum absolute atomic E-state index is 0.0163. The number of benzene rings is 3. The molecule has 0 spiro atoms. The summed E-state index contributed by atoms with van der Waals surface area (Å²) in [5.41, 5.74) is 9.13. The highest BCUT2D eigenvalue weighted by molar-refractivity contribution is 6.01. The fraction of sp³-hybridized carbons (Fsp3) is 0.350. The van der Waals surface area contributed by atoms with Crippen LogP contribution in [-0.2, 0) is 5.41 Å². The summed E-state index contributed by atoms with van der Waals surface area (Å²) in [6, 6.07) is 22.6. The molecule has 0 aromatic heterocycles. The molecule has 0 saturated heterocycles. The van der Waals surface area contributed by atoms with Gasteiger partial charge in [-0.1, -0.05) is 152 Å². The van der Waals surface area contributed by atoms with Crippen LogP contribution in [-0.4, -0.2) is 0 Å². The Morgan fingerprint density at radius 1 is 0.675 bits per heavy atom. The van der Waals surface area contributed by atoms with E-state index in [2.05, 4.69) is 116 Å². The van der Waals surface area contributed by atoms with Crippen molar-refractivity contribution in [3.63, 3.8) is 0 Å². The maximum Gasteiger partial charge on any atom is 0.0249 e. The van der Waals surface area contributed by atoms with E-state index in [0.29, 0.717) is 5.92 Å². The third-order valence-electron chi connectivity index (χ3n) is 8.12. The summed E-state index contributed by atoms with van der Waals surface area (Å²) in [6.45, 7) is 14.5. The second-order valence-corrected chi connectivity index (χ2v) is 10.0. The molecule has 40 heavy (non-hydrogen) atoms. The Balaban J connectivity index is 0.000000316. The fourth-order valence-electron chi connectivity index (χ4n) is 6.48. The van der Waals surface area contributed by atoms with Gasteiger partial charge in [-0.3, -0.25) is 0 Å². The maximum absolute atomic E-state index is 2.49. The van der Waals surface area contributed by atoms with E-state index in [4.69, 9.17) is 0 Å². The molecule has 0 radical (unpaired) electrons. The first-order valence-electron chi connectivity index (χ1n) is 15.8. The van der Waals surface area contributed by atoms with Gasteiger partial charge in [0.1, 0.15) is 0 Å². The molecule has 0 heterocycles.